The fraction of sp³-hybridized carbons (Fsp3) is 0.214. The molecule has 2 N–H and O–H groups in total. The molecule has 1 heterocycles. The Hall–Kier alpha value is -2.88. The van der Waals surface area contributed by atoms with Gasteiger partial charge in [-0.3, -0.25) is 13.9 Å². The van der Waals surface area contributed by atoms with Crippen molar-refractivity contribution < 1.29 is 4.39 Å². The minimum atomic E-state index is -0.739. The third-order valence-corrected chi connectivity index (χ3v) is 3.13. The summed E-state index contributed by atoms with van der Waals surface area (Å²) in [5.74, 6) is -0.739. The molecule has 7 heteroatoms. The van der Waals surface area contributed by atoms with Crippen LogP contribution < -0.4 is 17.0 Å². The second-order valence-electron chi connectivity index (χ2n) is 4.43. The quantitative estimate of drug-likeness (QED) is 0.898. The van der Waals surface area contributed by atoms with Crippen molar-refractivity contribution in [2.24, 2.45) is 0 Å². The highest BCUT2D eigenvalue weighted by atomic mass is 19.1. The monoisotopic (exact) mass is 288 g/mol. The molecule has 0 unspecified atom stereocenters. The molecule has 108 valence electrons. The number of hydrogen-bond acceptors (Lipinski definition) is 4. The van der Waals surface area contributed by atoms with Crippen molar-refractivity contribution in [3.8, 4) is 6.07 Å². The molecule has 0 aliphatic heterocycles. The highest BCUT2D eigenvalue weighted by Gasteiger charge is 2.13. The molecule has 2 rings (SSSR count). The Labute approximate surface area is 119 Å². The van der Waals surface area contributed by atoms with Crippen molar-refractivity contribution in [2.45, 2.75) is 20.0 Å². The van der Waals surface area contributed by atoms with Crippen LogP contribution in [-0.4, -0.2) is 9.13 Å². The van der Waals surface area contributed by atoms with E-state index in [0.717, 1.165) is 4.57 Å². The van der Waals surface area contributed by atoms with E-state index in [1.165, 1.54) is 29.0 Å². The summed E-state index contributed by atoms with van der Waals surface area (Å²) in [5.41, 5.74) is 4.19. The zero-order valence-electron chi connectivity index (χ0n) is 11.3. The van der Waals surface area contributed by atoms with Crippen LogP contribution in [0.1, 0.15) is 18.1 Å². The lowest BCUT2D eigenvalue weighted by atomic mass is 10.1. The third-order valence-electron chi connectivity index (χ3n) is 3.13. The van der Waals surface area contributed by atoms with Gasteiger partial charge in [0, 0.05) is 18.3 Å². The molecule has 0 atom stereocenters. The fourth-order valence-corrected chi connectivity index (χ4v) is 2.00. The number of hydrogen-bond donors (Lipinski definition) is 1. The van der Waals surface area contributed by atoms with Gasteiger partial charge >= 0.3 is 5.69 Å². The van der Waals surface area contributed by atoms with E-state index in [9.17, 15) is 14.0 Å². The minimum Gasteiger partial charge on any atom is -0.393 e. The smallest absolute Gasteiger partial charge is 0.331 e. The van der Waals surface area contributed by atoms with Gasteiger partial charge in [0.15, 0.2) is 0 Å². The van der Waals surface area contributed by atoms with E-state index in [1.54, 1.807) is 13.0 Å². The van der Waals surface area contributed by atoms with E-state index in [2.05, 4.69) is 0 Å². The van der Waals surface area contributed by atoms with Crippen molar-refractivity contribution >= 4 is 5.69 Å². The van der Waals surface area contributed by atoms with E-state index in [1.807, 2.05) is 0 Å². The minimum absolute atomic E-state index is 0.0847. The molecule has 6 nitrogen and oxygen atoms in total. The van der Waals surface area contributed by atoms with Crippen LogP contribution in [0.5, 0.6) is 0 Å². The van der Waals surface area contributed by atoms with Crippen LogP contribution in [-0.2, 0) is 13.1 Å². The molecule has 0 radical (unpaired) electrons. The number of benzene rings is 1. The van der Waals surface area contributed by atoms with Crippen molar-refractivity contribution in [1.29, 1.82) is 5.26 Å². The molecule has 1 aromatic carbocycles. The lowest BCUT2D eigenvalue weighted by Crippen LogP contribution is -2.40. The maximum atomic E-state index is 14.0. The standard InChI is InChI=1S/C14H13FN4O2/c1-2-18-8-11(17)13(20)19(14(18)21)7-10-5-3-4-9(6-16)12(10)15/h3-5,8H,2,7,17H2,1H3. The molecule has 0 amide bonds. The number of nitriles is 1. The van der Waals surface area contributed by atoms with Gasteiger partial charge < -0.3 is 5.73 Å². The summed E-state index contributed by atoms with van der Waals surface area (Å²) in [6.45, 7) is 1.79. The first-order valence-corrected chi connectivity index (χ1v) is 6.26. The normalized spacial score (nSPS) is 10.3. The molecule has 0 fully saturated rings. The first kappa shape index (κ1) is 14.5. The number of rotatable bonds is 3. The summed E-state index contributed by atoms with van der Waals surface area (Å²) >= 11 is 0. The van der Waals surface area contributed by atoms with Gasteiger partial charge in [-0.1, -0.05) is 12.1 Å². The lowest BCUT2D eigenvalue weighted by Gasteiger charge is -2.11. The molecule has 21 heavy (non-hydrogen) atoms. The van der Waals surface area contributed by atoms with Crippen LogP contribution in [0.3, 0.4) is 0 Å². The summed E-state index contributed by atoms with van der Waals surface area (Å²) in [7, 11) is 0. The summed E-state index contributed by atoms with van der Waals surface area (Å²) in [6.07, 6.45) is 1.27. The van der Waals surface area contributed by atoms with Crippen LogP contribution in [0.4, 0.5) is 10.1 Å². The van der Waals surface area contributed by atoms with Gasteiger partial charge in [-0.15, -0.1) is 0 Å². The highest BCUT2D eigenvalue weighted by Crippen LogP contribution is 2.12. The van der Waals surface area contributed by atoms with Gasteiger partial charge in [-0.2, -0.15) is 5.26 Å². The zero-order chi connectivity index (χ0) is 15.6. The summed E-state index contributed by atoms with van der Waals surface area (Å²) in [5, 5.41) is 8.80. The number of nitrogens with zero attached hydrogens (tertiary/aromatic N) is 3. The zero-order valence-corrected chi connectivity index (χ0v) is 11.3. The van der Waals surface area contributed by atoms with Crippen LogP contribution >= 0.6 is 0 Å². The van der Waals surface area contributed by atoms with E-state index < -0.39 is 17.1 Å². The van der Waals surface area contributed by atoms with Gasteiger partial charge in [0.05, 0.1) is 12.1 Å². The average molecular weight is 288 g/mol. The molecular weight excluding hydrogens is 275 g/mol. The van der Waals surface area contributed by atoms with Crippen LogP contribution in [0.25, 0.3) is 0 Å². The second kappa shape index (κ2) is 5.63. The number of halogens is 1. The predicted molar refractivity (Wildman–Crippen MR) is 75.3 cm³/mol. The predicted octanol–water partition coefficient (Wildman–Crippen LogP) is 0.671. The van der Waals surface area contributed by atoms with Crippen molar-refractivity contribution in [3.63, 3.8) is 0 Å². The Morgan fingerprint density at radius 3 is 2.71 bits per heavy atom. The van der Waals surface area contributed by atoms with Gasteiger partial charge in [-0.05, 0) is 13.0 Å². The van der Waals surface area contributed by atoms with Crippen LogP contribution in [0.15, 0.2) is 34.0 Å². The maximum Gasteiger partial charge on any atom is 0.331 e. The molecule has 2 aromatic rings. The highest BCUT2D eigenvalue weighted by molar-refractivity contribution is 5.36. The molecule has 0 spiro atoms. The van der Waals surface area contributed by atoms with Gasteiger partial charge in [0.2, 0.25) is 0 Å². The molecule has 0 saturated heterocycles. The Balaban J connectivity index is 2.61. The number of anilines is 1. The van der Waals surface area contributed by atoms with Gasteiger partial charge in [0.25, 0.3) is 5.56 Å². The summed E-state index contributed by atoms with van der Waals surface area (Å²) < 4.78 is 16.2. The number of aryl methyl sites for hydroxylation is 1. The molecule has 0 saturated carbocycles. The number of nitrogen functional groups attached to an aromatic ring is 1. The molecule has 1 aromatic heterocycles. The molecular formula is C14H13FN4O2. The van der Waals surface area contributed by atoms with Crippen molar-refractivity contribution in [1.82, 2.24) is 9.13 Å². The third kappa shape index (κ3) is 2.56. The van der Waals surface area contributed by atoms with E-state index in [0.29, 0.717) is 6.54 Å². The lowest BCUT2D eigenvalue weighted by molar-refractivity contribution is 0.565. The Bertz CT molecular complexity index is 846. The van der Waals surface area contributed by atoms with Gasteiger partial charge in [0.1, 0.15) is 17.6 Å². The first-order chi connectivity index (χ1) is 9.99. The first-order valence-electron chi connectivity index (χ1n) is 6.26. The van der Waals surface area contributed by atoms with E-state index >= 15 is 0 Å². The second-order valence-corrected chi connectivity index (χ2v) is 4.43. The molecule has 0 bridgehead atoms. The number of nitrogens with two attached hydrogens (primary N) is 1. The molecule has 0 aliphatic rings. The van der Waals surface area contributed by atoms with Gasteiger partial charge in [-0.25, -0.2) is 9.18 Å². The largest absolute Gasteiger partial charge is 0.393 e. The van der Waals surface area contributed by atoms with Crippen molar-refractivity contribution in [3.05, 3.63) is 62.2 Å². The summed E-state index contributed by atoms with van der Waals surface area (Å²) in [4.78, 5) is 24.1. The Kier molecular flexibility index (Phi) is 3.89. The summed E-state index contributed by atoms with van der Waals surface area (Å²) in [6, 6.07) is 5.95. The Morgan fingerprint density at radius 2 is 2.10 bits per heavy atom. The van der Waals surface area contributed by atoms with Crippen LogP contribution in [0, 0.1) is 17.1 Å². The number of aromatic nitrogens is 2. The maximum absolute atomic E-state index is 14.0. The van der Waals surface area contributed by atoms with E-state index in [4.69, 9.17) is 11.0 Å². The molecule has 0 aliphatic carbocycles. The van der Waals surface area contributed by atoms with E-state index in [-0.39, 0.29) is 23.4 Å². The topological polar surface area (TPSA) is 93.8 Å². The van der Waals surface area contributed by atoms with Crippen molar-refractivity contribution in [2.75, 3.05) is 5.73 Å². The average Bonchev–Trinajstić information content (AvgIpc) is 2.49. The van der Waals surface area contributed by atoms with Crippen LogP contribution in [0.2, 0.25) is 0 Å². The Morgan fingerprint density at radius 1 is 1.38 bits per heavy atom. The fourth-order valence-electron chi connectivity index (χ4n) is 2.00. The SMILES string of the molecule is CCn1cc(N)c(=O)n(Cc2cccc(C#N)c2F)c1=O.